The van der Waals surface area contributed by atoms with Crippen molar-refractivity contribution in [2.24, 2.45) is 0 Å². The number of ether oxygens (including phenoxy) is 2. The summed E-state index contributed by atoms with van der Waals surface area (Å²) in [5.41, 5.74) is 2.20. The van der Waals surface area contributed by atoms with Gasteiger partial charge in [-0.05, 0) is 82.5 Å². The van der Waals surface area contributed by atoms with Gasteiger partial charge in [-0.1, -0.05) is 35.5 Å². The van der Waals surface area contributed by atoms with Gasteiger partial charge in [0.15, 0.2) is 16.7 Å². The van der Waals surface area contributed by atoms with E-state index in [2.05, 4.69) is 26.1 Å². The maximum absolute atomic E-state index is 13.5. The van der Waals surface area contributed by atoms with Crippen LogP contribution in [0.4, 0.5) is 4.39 Å². The molecule has 0 aliphatic heterocycles. The van der Waals surface area contributed by atoms with Crippen LogP contribution in [0.25, 0.3) is 5.69 Å². The van der Waals surface area contributed by atoms with E-state index in [1.807, 2.05) is 12.1 Å². The topological polar surface area (TPSA) is 92.3 Å². The third-order valence-electron chi connectivity index (χ3n) is 5.36. The van der Waals surface area contributed by atoms with E-state index in [0.717, 1.165) is 5.56 Å². The van der Waals surface area contributed by atoms with Gasteiger partial charge in [-0.3, -0.25) is 14.7 Å². The fourth-order valence-corrected chi connectivity index (χ4v) is 5.44. The summed E-state index contributed by atoms with van der Waals surface area (Å²) >= 11 is 10.7. The van der Waals surface area contributed by atoms with Gasteiger partial charge in [0.25, 0.3) is 0 Å². The normalized spacial score (nSPS) is 11.8. The predicted octanol–water partition coefficient (Wildman–Crippen LogP) is 6.83. The molecule has 192 valence electrons. The van der Waals surface area contributed by atoms with E-state index in [0.29, 0.717) is 43.2 Å². The maximum Gasteiger partial charge on any atom is 0.220 e. The van der Waals surface area contributed by atoms with Gasteiger partial charge in [0, 0.05) is 15.6 Å². The Hall–Kier alpha value is -3.15. The Morgan fingerprint density at radius 2 is 1.86 bits per heavy atom. The minimum Gasteiger partial charge on any atom is -0.493 e. The fraction of sp³-hybridized carbons (Fsp3) is 0.200. The SMILES string of the molecule is COc1cc([C@@H](C[N+](=O)[O-])Sc2nnc(C)n2-c2ccc(F)cc2)cc(Br)c1OCc1ccc(Cl)cc1. The number of thioether (sulfide) groups is 1. The van der Waals surface area contributed by atoms with Crippen LogP contribution in [0.1, 0.15) is 22.2 Å². The van der Waals surface area contributed by atoms with Gasteiger partial charge in [0.1, 0.15) is 23.5 Å². The van der Waals surface area contributed by atoms with Crippen LogP contribution in [-0.2, 0) is 6.61 Å². The predicted molar refractivity (Wildman–Crippen MR) is 143 cm³/mol. The molecule has 0 amide bonds. The molecule has 4 rings (SSSR count). The second kappa shape index (κ2) is 11.9. The van der Waals surface area contributed by atoms with Gasteiger partial charge in [-0.25, -0.2) is 4.39 Å². The zero-order chi connectivity index (χ0) is 26.5. The lowest BCUT2D eigenvalue weighted by atomic mass is 10.1. The highest BCUT2D eigenvalue weighted by atomic mass is 79.9. The number of aryl methyl sites for hydroxylation is 1. The van der Waals surface area contributed by atoms with E-state index in [-0.39, 0.29) is 23.9 Å². The molecule has 3 aromatic carbocycles. The molecule has 0 saturated carbocycles. The molecule has 0 aliphatic carbocycles. The molecule has 4 aromatic rings. The first-order valence-electron chi connectivity index (χ1n) is 11.0. The van der Waals surface area contributed by atoms with Crippen LogP contribution >= 0.6 is 39.3 Å². The van der Waals surface area contributed by atoms with Crippen LogP contribution in [0, 0.1) is 22.9 Å². The second-order valence-electron chi connectivity index (χ2n) is 7.91. The summed E-state index contributed by atoms with van der Waals surface area (Å²) in [7, 11) is 1.50. The summed E-state index contributed by atoms with van der Waals surface area (Å²) in [6, 6.07) is 16.6. The van der Waals surface area contributed by atoms with Crippen LogP contribution in [0.2, 0.25) is 5.02 Å². The molecule has 1 atom stereocenters. The van der Waals surface area contributed by atoms with Crippen molar-refractivity contribution in [3.8, 4) is 17.2 Å². The molecular weight excluding hydrogens is 587 g/mol. The fourth-order valence-electron chi connectivity index (χ4n) is 3.58. The Labute approximate surface area is 230 Å². The number of halogens is 3. The Morgan fingerprint density at radius 1 is 1.16 bits per heavy atom. The van der Waals surface area contributed by atoms with Crippen molar-refractivity contribution < 1.29 is 18.8 Å². The molecule has 0 N–H and O–H groups in total. The lowest BCUT2D eigenvalue weighted by Gasteiger charge is -2.18. The molecule has 0 fully saturated rings. The molecule has 12 heteroatoms. The minimum atomic E-state index is -0.631. The van der Waals surface area contributed by atoms with Gasteiger partial charge < -0.3 is 9.47 Å². The highest BCUT2D eigenvalue weighted by Crippen LogP contribution is 2.43. The van der Waals surface area contributed by atoms with Crippen molar-refractivity contribution in [2.45, 2.75) is 23.9 Å². The molecule has 0 unspecified atom stereocenters. The Kier molecular flexibility index (Phi) is 8.67. The number of benzene rings is 3. The van der Waals surface area contributed by atoms with Crippen molar-refractivity contribution in [2.75, 3.05) is 13.7 Å². The van der Waals surface area contributed by atoms with E-state index in [9.17, 15) is 14.5 Å². The molecule has 0 saturated heterocycles. The van der Waals surface area contributed by atoms with Crippen LogP contribution in [-0.4, -0.2) is 33.3 Å². The molecule has 1 aromatic heterocycles. The summed E-state index contributed by atoms with van der Waals surface area (Å²) in [6.07, 6.45) is 0. The monoisotopic (exact) mass is 606 g/mol. The molecular formula is C25H21BrClFN4O4S. The summed E-state index contributed by atoms with van der Waals surface area (Å²) in [4.78, 5) is 11.2. The maximum atomic E-state index is 13.5. The number of nitrogens with zero attached hydrogens (tertiary/aromatic N) is 4. The van der Waals surface area contributed by atoms with E-state index in [1.165, 1.54) is 31.0 Å². The molecule has 37 heavy (non-hydrogen) atoms. The summed E-state index contributed by atoms with van der Waals surface area (Å²) in [6.45, 7) is 1.66. The van der Waals surface area contributed by atoms with Crippen molar-refractivity contribution in [1.29, 1.82) is 0 Å². The Bertz CT molecular complexity index is 1400. The summed E-state index contributed by atoms with van der Waals surface area (Å²) in [5, 5.41) is 20.4. The number of methoxy groups -OCH3 is 1. The van der Waals surface area contributed by atoms with E-state index >= 15 is 0 Å². The minimum absolute atomic E-state index is 0.276. The molecule has 1 heterocycles. The third kappa shape index (κ3) is 6.60. The molecule has 0 radical (unpaired) electrons. The standard InChI is InChI=1S/C25H21BrClFN4O4S/c1-15-29-30-25(32(15)20-9-7-19(28)8-10-20)37-23(13-31(33)34)17-11-21(26)24(22(12-17)35-2)36-14-16-3-5-18(27)6-4-16/h3-12,23H,13-14H2,1-2H3/t23-/m1/s1. The van der Waals surface area contributed by atoms with Crippen LogP contribution in [0.3, 0.4) is 0 Å². The summed E-state index contributed by atoms with van der Waals surface area (Å²) in [5.74, 6) is 1.09. The van der Waals surface area contributed by atoms with Crippen molar-refractivity contribution in [3.05, 3.63) is 103 Å². The van der Waals surface area contributed by atoms with Crippen LogP contribution in [0.5, 0.6) is 11.5 Å². The highest BCUT2D eigenvalue weighted by Gasteiger charge is 2.26. The van der Waals surface area contributed by atoms with Crippen LogP contribution < -0.4 is 9.47 Å². The molecule has 0 aliphatic rings. The summed E-state index contributed by atoms with van der Waals surface area (Å²) < 4.78 is 27.3. The highest BCUT2D eigenvalue weighted by molar-refractivity contribution is 9.10. The molecule has 0 bridgehead atoms. The van der Waals surface area contributed by atoms with Crippen LogP contribution in [0.15, 0.2) is 70.3 Å². The lowest BCUT2D eigenvalue weighted by Crippen LogP contribution is -2.12. The Morgan fingerprint density at radius 3 is 2.51 bits per heavy atom. The van der Waals surface area contributed by atoms with Gasteiger partial charge in [-0.15, -0.1) is 10.2 Å². The molecule has 8 nitrogen and oxygen atoms in total. The van der Waals surface area contributed by atoms with E-state index in [4.69, 9.17) is 21.1 Å². The van der Waals surface area contributed by atoms with Crippen molar-refractivity contribution in [3.63, 3.8) is 0 Å². The number of aromatic nitrogens is 3. The first-order valence-corrected chi connectivity index (χ1v) is 13.0. The largest absolute Gasteiger partial charge is 0.493 e. The van der Waals surface area contributed by atoms with Gasteiger partial charge in [0.2, 0.25) is 6.54 Å². The average Bonchev–Trinajstić information content (AvgIpc) is 3.23. The van der Waals surface area contributed by atoms with Crippen molar-refractivity contribution >= 4 is 39.3 Å². The number of hydrogen-bond acceptors (Lipinski definition) is 7. The first-order chi connectivity index (χ1) is 17.7. The van der Waals surface area contributed by atoms with Gasteiger partial charge in [-0.2, -0.15) is 0 Å². The average molecular weight is 608 g/mol. The van der Waals surface area contributed by atoms with Crippen molar-refractivity contribution in [1.82, 2.24) is 14.8 Å². The number of nitro groups is 1. The van der Waals surface area contributed by atoms with E-state index < -0.39 is 5.25 Å². The quantitative estimate of drug-likeness (QED) is 0.111. The number of rotatable bonds is 10. The zero-order valence-electron chi connectivity index (χ0n) is 19.7. The number of hydrogen-bond donors (Lipinski definition) is 0. The molecule has 0 spiro atoms. The zero-order valence-corrected chi connectivity index (χ0v) is 22.9. The smallest absolute Gasteiger partial charge is 0.220 e. The van der Waals surface area contributed by atoms with E-state index in [1.54, 1.807) is 47.9 Å². The van der Waals surface area contributed by atoms with Gasteiger partial charge in [0.05, 0.1) is 11.6 Å². The third-order valence-corrected chi connectivity index (χ3v) is 7.38. The lowest BCUT2D eigenvalue weighted by molar-refractivity contribution is -0.479. The Balaban J connectivity index is 1.64. The first kappa shape index (κ1) is 26.9. The second-order valence-corrected chi connectivity index (χ2v) is 10.4. The van der Waals surface area contributed by atoms with Gasteiger partial charge >= 0.3 is 0 Å².